The Morgan fingerprint density at radius 3 is 2.44 bits per heavy atom. The molecule has 0 aliphatic rings. The number of sulfonamides is 1. The van der Waals surface area contributed by atoms with Gasteiger partial charge in [-0.3, -0.25) is 10.1 Å². The Morgan fingerprint density at radius 1 is 1.16 bits per heavy atom. The van der Waals surface area contributed by atoms with E-state index in [1.807, 2.05) is 0 Å². The molecule has 0 fully saturated rings. The summed E-state index contributed by atoms with van der Waals surface area (Å²) in [6.45, 7) is 0. The van der Waals surface area contributed by atoms with Crippen LogP contribution < -0.4 is 5.32 Å². The Labute approximate surface area is 148 Å². The highest BCUT2D eigenvalue weighted by Crippen LogP contribution is 2.27. The number of hydrogen-bond acceptors (Lipinski definition) is 5. The number of thiazole rings is 1. The van der Waals surface area contributed by atoms with Crippen LogP contribution in [-0.4, -0.2) is 37.7 Å². The normalized spacial score (nSPS) is 11.8. The van der Waals surface area contributed by atoms with Crippen LogP contribution in [0.3, 0.4) is 0 Å². The van der Waals surface area contributed by atoms with Gasteiger partial charge in [0.1, 0.15) is 11.3 Å². The molecule has 0 atom stereocenters. The second-order valence-corrected chi connectivity index (χ2v) is 8.55. The van der Waals surface area contributed by atoms with Crippen LogP contribution in [0.15, 0.2) is 47.4 Å². The van der Waals surface area contributed by atoms with E-state index in [1.165, 1.54) is 44.4 Å². The molecule has 9 heteroatoms. The lowest BCUT2D eigenvalue weighted by Crippen LogP contribution is -2.22. The minimum Gasteiger partial charge on any atom is -0.298 e. The Morgan fingerprint density at radius 2 is 1.84 bits per heavy atom. The van der Waals surface area contributed by atoms with Crippen LogP contribution in [-0.2, 0) is 10.0 Å². The van der Waals surface area contributed by atoms with Gasteiger partial charge in [0.2, 0.25) is 10.0 Å². The van der Waals surface area contributed by atoms with Gasteiger partial charge in [-0.05, 0) is 36.4 Å². The zero-order chi connectivity index (χ0) is 18.2. The molecule has 6 nitrogen and oxygen atoms in total. The fraction of sp³-hybridized carbons (Fsp3) is 0.125. The monoisotopic (exact) mass is 379 g/mol. The number of hydrogen-bond donors (Lipinski definition) is 1. The molecule has 0 radical (unpaired) electrons. The molecule has 0 bridgehead atoms. The predicted molar refractivity (Wildman–Crippen MR) is 94.8 cm³/mol. The number of para-hydroxylation sites is 1. The minimum absolute atomic E-state index is 0.0936. The van der Waals surface area contributed by atoms with Crippen molar-refractivity contribution >= 4 is 42.6 Å². The smallest absolute Gasteiger partial charge is 0.257 e. The van der Waals surface area contributed by atoms with Crippen LogP contribution in [0.1, 0.15) is 10.4 Å². The van der Waals surface area contributed by atoms with E-state index in [4.69, 9.17) is 0 Å². The standard InChI is InChI=1S/C16H14FN3O3S2/c1-20(2)25(22,23)11-8-6-10(7-9-11)15(21)19-16-18-14-12(17)4-3-5-13(14)24-16/h3-9H,1-2H3,(H,18,19,21). The Balaban J connectivity index is 1.82. The van der Waals surface area contributed by atoms with E-state index in [-0.39, 0.29) is 21.1 Å². The van der Waals surface area contributed by atoms with Crippen LogP contribution in [0.5, 0.6) is 0 Å². The van der Waals surface area contributed by atoms with E-state index >= 15 is 0 Å². The largest absolute Gasteiger partial charge is 0.298 e. The first-order valence-electron chi connectivity index (χ1n) is 7.18. The summed E-state index contributed by atoms with van der Waals surface area (Å²) >= 11 is 1.16. The molecule has 0 saturated heterocycles. The third-order valence-corrected chi connectivity index (χ3v) is 6.25. The van der Waals surface area contributed by atoms with E-state index in [0.29, 0.717) is 4.70 Å². The quantitative estimate of drug-likeness (QED) is 0.756. The Kier molecular flexibility index (Phi) is 4.55. The number of nitrogens with zero attached hydrogens (tertiary/aromatic N) is 2. The van der Waals surface area contributed by atoms with Crippen LogP contribution in [0.2, 0.25) is 0 Å². The lowest BCUT2D eigenvalue weighted by atomic mass is 10.2. The highest BCUT2D eigenvalue weighted by Gasteiger charge is 2.18. The SMILES string of the molecule is CN(C)S(=O)(=O)c1ccc(C(=O)Nc2nc3c(F)cccc3s2)cc1. The average molecular weight is 379 g/mol. The van der Waals surface area contributed by atoms with Crippen molar-refractivity contribution in [2.24, 2.45) is 0 Å². The molecule has 0 unspecified atom stereocenters. The number of carbonyl (C=O) groups excluding carboxylic acids is 1. The number of anilines is 1. The molecule has 2 aromatic carbocycles. The molecule has 3 aromatic rings. The molecule has 0 saturated carbocycles. The first-order valence-corrected chi connectivity index (χ1v) is 9.43. The molecule has 1 N–H and O–H groups in total. The minimum atomic E-state index is -3.55. The zero-order valence-corrected chi connectivity index (χ0v) is 15.0. The predicted octanol–water partition coefficient (Wildman–Crippen LogP) is 2.94. The van der Waals surface area contributed by atoms with Gasteiger partial charge in [0.25, 0.3) is 5.91 Å². The highest BCUT2D eigenvalue weighted by atomic mass is 32.2. The third kappa shape index (κ3) is 3.39. The van der Waals surface area contributed by atoms with Crippen LogP contribution in [0, 0.1) is 5.82 Å². The molecular weight excluding hydrogens is 365 g/mol. The van der Waals surface area contributed by atoms with E-state index in [1.54, 1.807) is 12.1 Å². The van der Waals surface area contributed by atoms with Crippen molar-refractivity contribution in [1.29, 1.82) is 0 Å². The Hall–Kier alpha value is -2.36. The summed E-state index contributed by atoms with van der Waals surface area (Å²) < 4.78 is 39.4. The van der Waals surface area contributed by atoms with E-state index < -0.39 is 21.7 Å². The maximum Gasteiger partial charge on any atom is 0.257 e. The fourth-order valence-corrected chi connectivity index (χ4v) is 3.90. The molecule has 25 heavy (non-hydrogen) atoms. The summed E-state index contributed by atoms with van der Waals surface area (Å²) in [7, 11) is -0.685. The van der Waals surface area contributed by atoms with Gasteiger partial charge in [-0.2, -0.15) is 0 Å². The van der Waals surface area contributed by atoms with Crippen molar-refractivity contribution in [3.63, 3.8) is 0 Å². The number of aromatic nitrogens is 1. The first kappa shape index (κ1) is 17.5. The second kappa shape index (κ2) is 6.51. The van der Waals surface area contributed by atoms with E-state index in [0.717, 1.165) is 15.6 Å². The van der Waals surface area contributed by atoms with E-state index in [9.17, 15) is 17.6 Å². The van der Waals surface area contributed by atoms with Crippen LogP contribution >= 0.6 is 11.3 Å². The van der Waals surface area contributed by atoms with Gasteiger partial charge >= 0.3 is 0 Å². The van der Waals surface area contributed by atoms with Gasteiger partial charge < -0.3 is 0 Å². The number of benzene rings is 2. The fourth-order valence-electron chi connectivity index (χ4n) is 2.13. The van der Waals surface area contributed by atoms with Crippen LogP contribution in [0.25, 0.3) is 10.2 Å². The summed E-state index contributed by atoms with van der Waals surface area (Å²) in [6, 6.07) is 10.2. The van der Waals surface area contributed by atoms with Gasteiger partial charge in [-0.15, -0.1) is 0 Å². The molecule has 1 aromatic heterocycles. The molecule has 130 valence electrons. The Bertz CT molecular complexity index is 1040. The van der Waals surface area contributed by atoms with Gasteiger partial charge in [-0.25, -0.2) is 22.1 Å². The van der Waals surface area contributed by atoms with Crippen molar-refractivity contribution in [2.75, 3.05) is 19.4 Å². The van der Waals surface area contributed by atoms with Gasteiger partial charge in [-0.1, -0.05) is 17.4 Å². The number of amides is 1. The number of nitrogens with one attached hydrogen (secondary N) is 1. The lowest BCUT2D eigenvalue weighted by molar-refractivity contribution is 0.102. The first-order chi connectivity index (χ1) is 11.8. The van der Waals surface area contributed by atoms with Crippen molar-refractivity contribution in [2.45, 2.75) is 4.90 Å². The van der Waals surface area contributed by atoms with Crippen LogP contribution in [0.4, 0.5) is 9.52 Å². The van der Waals surface area contributed by atoms with E-state index in [2.05, 4.69) is 10.3 Å². The molecule has 0 aliphatic heterocycles. The number of halogens is 1. The zero-order valence-electron chi connectivity index (χ0n) is 13.4. The van der Waals surface area contributed by atoms with Crippen molar-refractivity contribution < 1.29 is 17.6 Å². The average Bonchev–Trinajstić information content (AvgIpc) is 2.98. The molecule has 0 spiro atoms. The number of fused-ring (bicyclic) bond motifs is 1. The lowest BCUT2D eigenvalue weighted by Gasteiger charge is -2.11. The molecule has 1 amide bonds. The third-order valence-electron chi connectivity index (χ3n) is 3.49. The van der Waals surface area contributed by atoms with Gasteiger partial charge in [0.15, 0.2) is 5.13 Å². The molecule has 3 rings (SSSR count). The van der Waals surface area contributed by atoms with Gasteiger partial charge in [0, 0.05) is 19.7 Å². The van der Waals surface area contributed by atoms with Crippen molar-refractivity contribution in [3.05, 3.63) is 53.8 Å². The summed E-state index contributed by atoms with van der Waals surface area (Å²) in [5, 5.41) is 2.87. The maximum absolute atomic E-state index is 13.7. The summed E-state index contributed by atoms with van der Waals surface area (Å²) in [6.07, 6.45) is 0. The molecular formula is C16H14FN3O3S2. The number of rotatable bonds is 4. The summed E-state index contributed by atoms with van der Waals surface area (Å²) in [5.74, 6) is -0.902. The maximum atomic E-state index is 13.7. The topological polar surface area (TPSA) is 79.4 Å². The summed E-state index contributed by atoms with van der Waals surface area (Å²) in [5.41, 5.74) is 0.479. The molecule has 0 aliphatic carbocycles. The van der Waals surface area contributed by atoms with Crippen molar-refractivity contribution in [1.82, 2.24) is 9.29 Å². The van der Waals surface area contributed by atoms with Crippen molar-refractivity contribution in [3.8, 4) is 0 Å². The second-order valence-electron chi connectivity index (χ2n) is 5.37. The van der Waals surface area contributed by atoms with Gasteiger partial charge in [0.05, 0.1) is 9.60 Å². The molecule has 1 heterocycles. The highest BCUT2D eigenvalue weighted by molar-refractivity contribution is 7.89. The summed E-state index contributed by atoms with van der Waals surface area (Å²) in [4.78, 5) is 16.4. The number of carbonyl (C=O) groups is 1.